The third kappa shape index (κ3) is 5.37. The maximum atomic E-state index is 12.0. The van der Waals surface area contributed by atoms with Crippen LogP contribution in [-0.4, -0.2) is 32.1 Å². The average molecular weight is 347 g/mol. The number of esters is 1. The van der Waals surface area contributed by atoms with Crippen molar-refractivity contribution in [3.8, 4) is 0 Å². The lowest BCUT2D eigenvalue weighted by molar-refractivity contribution is -0.115. The lowest BCUT2D eigenvalue weighted by Crippen LogP contribution is -2.30. The van der Waals surface area contributed by atoms with E-state index in [2.05, 4.69) is 10.6 Å². The Morgan fingerprint density at radius 2 is 1.92 bits per heavy atom. The quantitative estimate of drug-likeness (QED) is 0.597. The monoisotopic (exact) mass is 346 g/mol. The van der Waals surface area contributed by atoms with E-state index in [9.17, 15) is 9.59 Å². The number of ether oxygens (including phenoxy) is 1. The van der Waals surface area contributed by atoms with E-state index >= 15 is 0 Å². The van der Waals surface area contributed by atoms with Crippen LogP contribution in [0.15, 0.2) is 48.5 Å². The average Bonchev–Trinajstić information content (AvgIpc) is 2.58. The van der Waals surface area contributed by atoms with Crippen LogP contribution < -0.4 is 10.6 Å². The van der Waals surface area contributed by atoms with Crippen molar-refractivity contribution >= 4 is 29.2 Å². The Labute approximate surface area is 146 Å². The van der Waals surface area contributed by atoms with Crippen molar-refractivity contribution in [1.29, 1.82) is 0 Å². The molecule has 0 fully saturated rings. The Bertz CT molecular complexity index is 719. The minimum absolute atomic E-state index is 0.149. The molecule has 0 bridgehead atoms. The van der Waals surface area contributed by atoms with Gasteiger partial charge in [0, 0.05) is 5.02 Å². The van der Waals surface area contributed by atoms with Gasteiger partial charge in [-0.15, -0.1) is 0 Å². The highest BCUT2D eigenvalue weighted by molar-refractivity contribution is 6.30. The number of nitrogens with one attached hydrogen (secondary N) is 2. The number of methoxy groups -OCH3 is 1. The molecule has 0 unspecified atom stereocenters. The van der Waals surface area contributed by atoms with Gasteiger partial charge in [-0.25, -0.2) is 4.79 Å². The van der Waals surface area contributed by atoms with Crippen molar-refractivity contribution in [3.05, 3.63) is 64.7 Å². The van der Waals surface area contributed by atoms with Gasteiger partial charge in [-0.1, -0.05) is 35.9 Å². The van der Waals surface area contributed by atoms with E-state index in [-0.39, 0.29) is 12.5 Å². The second-order valence-corrected chi connectivity index (χ2v) is 5.58. The molecule has 2 rings (SSSR count). The maximum absolute atomic E-state index is 12.0. The number of anilines is 1. The molecule has 6 heteroatoms. The molecule has 2 aromatic rings. The largest absolute Gasteiger partial charge is 0.465 e. The van der Waals surface area contributed by atoms with Gasteiger partial charge in [-0.3, -0.25) is 4.79 Å². The number of halogens is 1. The van der Waals surface area contributed by atoms with Crippen molar-refractivity contribution in [3.63, 3.8) is 0 Å². The number of carbonyl (C=O) groups is 2. The fraction of sp³-hybridized carbons (Fsp3) is 0.222. The highest BCUT2D eigenvalue weighted by Crippen LogP contribution is 2.15. The van der Waals surface area contributed by atoms with Crippen molar-refractivity contribution in [1.82, 2.24) is 5.32 Å². The topological polar surface area (TPSA) is 67.4 Å². The lowest BCUT2D eigenvalue weighted by Gasteiger charge is -2.10. The van der Waals surface area contributed by atoms with Gasteiger partial charge in [0.1, 0.15) is 0 Å². The van der Waals surface area contributed by atoms with E-state index in [1.54, 1.807) is 24.3 Å². The number of hydrogen-bond acceptors (Lipinski definition) is 4. The minimum Gasteiger partial charge on any atom is -0.465 e. The summed E-state index contributed by atoms with van der Waals surface area (Å²) < 4.78 is 4.70. The second-order valence-electron chi connectivity index (χ2n) is 5.14. The Kier molecular flexibility index (Phi) is 6.78. The summed E-state index contributed by atoms with van der Waals surface area (Å²) in [6, 6.07) is 14.3. The smallest absolute Gasteiger partial charge is 0.339 e. The highest BCUT2D eigenvalue weighted by atomic mass is 35.5. The minimum atomic E-state index is -0.486. The second kappa shape index (κ2) is 9.05. The van der Waals surface area contributed by atoms with Gasteiger partial charge in [-0.2, -0.15) is 0 Å². The molecule has 126 valence electrons. The molecule has 2 aromatic carbocycles. The molecule has 5 nitrogen and oxygen atoms in total. The molecule has 0 aliphatic carbocycles. The standard InChI is InChI=1S/C18H19ClN2O3/c1-24-18(23)15-7-2-3-8-16(15)21-17(22)12-20-10-9-13-5-4-6-14(19)11-13/h2-8,11,20H,9-10,12H2,1H3,(H,21,22). The summed E-state index contributed by atoms with van der Waals surface area (Å²) in [5.74, 6) is -0.711. The Hall–Kier alpha value is -2.37. The van der Waals surface area contributed by atoms with Crippen molar-refractivity contribution in [2.75, 3.05) is 25.5 Å². The summed E-state index contributed by atoms with van der Waals surface area (Å²) in [6.45, 7) is 0.794. The van der Waals surface area contributed by atoms with Crippen LogP contribution in [0.2, 0.25) is 5.02 Å². The Morgan fingerprint density at radius 3 is 2.67 bits per heavy atom. The molecule has 0 heterocycles. The molecule has 0 aliphatic rings. The van der Waals surface area contributed by atoms with E-state index < -0.39 is 5.97 Å². The molecule has 0 saturated heterocycles. The number of amides is 1. The molecule has 0 spiro atoms. The van der Waals surface area contributed by atoms with Crippen LogP contribution >= 0.6 is 11.6 Å². The van der Waals surface area contributed by atoms with E-state index in [0.717, 1.165) is 12.0 Å². The Morgan fingerprint density at radius 1 is 1.12 bits per heavy atom. The first-order valence-electron chi connectivity index (χ1n) is 7.52. The van der Waals surface area contributed by atoms with Crippen molar-refractivity contribution in [2.45, 2.75) is 6.42 Å². The van der Waals surface area contributed by atoms with Gasteiger partial charge in [0.05, 0.1) is 24.9 Å². The first-order valence-corrected chi connectivity index (χ1v) is 7.90. The number of para-hydroxylation sites is 1. The molecule has 0 aliphatic heterocycles. The molecular weight excluding hydrogens is 328 g/mol. The number of hydrogen-bond donors (Lipinski definition) is 2. The van der Waals surface area contributed by atoms with E-state index in [0.29, 0.717) is 22.8 Å². The Balaban J connectivity index is 1.81. The highest BCUT2D eigenvalue weighted by Gasteiger charge is 2.12. The fourth-order valence-corrected chi connectivity index (χ4v) is 2.41. The summed E-state index contributed by atoms with van der Waals surface area (Å²) in [5.41, 5.74) is 1.87. The third-order valence-corrected chi connectivity index (χ3v) is 3.61. The van der Waals surface area contributed by atoms with E-state index in [1.165, 1.54) is 7.11 Å². The van der Waals surface area contributed by atoms with Crippen LogP contribution in [0.4, 0.5) is 5.69 Å². The molecular formula is C18H19ClN2O3. The normalized spacial score (nSPS) is 10.2. The van der Waals surface area contributed by atoms with Crippen LogP contribution in [0.5, 0.6) is 0 Å². The van der Waals surface area contributed by atoms with Gasteiger partial charge in [0.15, 0.2) is 0 Å². The van der Waals surface area contributed by atoms with Crippen LogP contribution in [0.25, 0.3) is 0 Å². The molecule has 0 aromatic heterocycles. The van der Waals surface area contributed by atoms with Crippen LogP contribution in [0.3, 0.4) is 0 Å². The zero-order valence-electron chi connectivity index (χ0n) is 13.3. The third-order valence-electron chi connectivity index (χ3n) is 3.37. The zero-order valence-corrected chi connectivity index (χ0v) is 14.1. The molecule has 0 radical (unpaired) electrons. The summed E-state index contributed by atoms with van der Waals surface area (Å²) in [7, 11) is 1.30. The zero-order chi connectivity index (χ0) is 17.4. The van der Waals surface area contributed by atoms with E-state index in [1.807, 2.05) is 24.3 Å². The van der Waals surface area contributed by atoms with Gasteiger partial charge < -0.3 is 15.4 Å². The van der Waals surface area contributed by atoms with Crippen LogP contribution in [0, 0.1) is 0 Å². The SMILES string of the molecule is COC(=O)c1ccccc1NC(=O)CNCCc1cccc(Cl)c1. The molecule has 0 atom stereocenters. The summed E-state index contributed by atoms with van der Waals surface area (Å²) in [6.07, 6.45) is 0.770. The molecule has 2 N–H and O–H groups in total. The summed E-state index contributed by atoms with van der Waals surface area (Å²) >= 11 is 5.93. The number of carbonyl (C=O) groups excluding carboxylic acids is 2. The first-order chi connectivity index (χ1) is 11.6. The molecule has 24 heavy (non-hydrogen) atoms. The first kappa shape index (κ1) is 18.0. The van der Waals surface area contributed by atoms with Gasteiger partial charge in [-0.05, 0) is 42.8 Å². The number of benzene rings is 2. The van der Waals surface area contributed by atoms with Crippen molar-refractivity contribution < 1.29 is 14.3 Å². The summed E-state index contributed by atoms with van der Waals surface area (Å²) in [5, 5.41) is 6.47. The lowest BCUT2D eigenvalue weighted by atomic mass is 10.1. The van der Waals surface area contributed by atoms with Gasteiger partial charge in [0.25, 0.3) is 0 Å². The van der Waals surface area contributed by atoms with Crippen LogP contribution in [-0.2, 0) is 16.0 Å². The van der Waals surface area contributed by atoms with Gasteiger partial charge in [0.2, 0.25) is 5.91 Å². The van der Waals surface area contributed by atoms with Crippen molar-refractivity contribution in [2.24, 2.45) is 0 Å². The van der Waals surface area contributed by atoms with E-state index in [4.69, 9.17) is 16.3 Å². The molecule has 1 amide bonds. The van der Waals surface area contributed by atoms with Gasteiger partial charge >= 0.3 is 5.97 Å². The van der Waals surface area contributed by atoms with Crippen LogP contribution in [0.1, 0.15) is 15.9 Å². The number of rotatable bonds is 7. The predicted octanol–water partition coefficient (Wildman–Crippen LogP) is 2.90. The molecule has 0 saturated carbocycles. The summed E-state index contributed by atoms with van der Waals surface area (Å²) in [4.78, 5) is 23.7. The predicted molar refractivity (Wildman–Crippen MR) is 94.4 cm³/mol. The maximum Gasteiger partial charge on any atom is 0.339 e. The fourth-order valence-electron chi connectivity index (χ4n) is 2.20.